The van der Waals surface area contributed by atoms with E-state index in [0.29, 0.717) is 19.3 Å². The van der Waals surface area contributed by atoms with Gasteiger partial charge < -0.3 is 14.2 Å². The summed E-state index contributed by atoms with van der Waals surface area (Å²) in [6, 6.07) is 0. The number of ether oxygens (including phenoxy) is 3. The average molecular weight is 903 g/mol. The van der Waals surface area contributed by atoms with E-state index in [4.69, 9.17) is 14.2 Å². The third-order valence-electron chi connectivity index (χ3n) is 11.1. The van der Waals surface area contributed by atoms with E-state index in [9.17, 15) is 14.4 Å². The number of hydrogen-bond donors (Lipinski definition) is 0. The molecule has 6 heteroatoms. The van der Waals surface area contributed by atoms with Gasteiger partial charge in [-0.1, -0.05) is 214 Å². The van der Waals surface area contributed by atoms with Crippen LogP contribution in [0.15, 0.2) is 97.2 Å². The lowest BCUT2D eigenvalue weighted by molar-refractivity contribution is -0.167. The molecule has 0 bridgehead atoms. The van der Waals surface area contributed by atoms with E-state index < -0.39 is 6.10 Å². The van der Waals surface area contributed by atoms with E-state index in [0.717, 1.165) is 122 Å². The Hall–Kier alpha value is -3.67. The fourth-order valence-electron chi connectivity index (χ4n) is 7.06. The molecule has 0 fully saturated rings. The van der Waals surface area contributed by atoms with Crippen molar-refractivity contribution in [2.75, 3.05) is 13.2 Å². The average Bonchev–Trinajstić information content (AvgIpc) is 3.30. The number of rotatable bonds is 47. The van der Waals surface area contributed by atoms with E-state index in [1.165, 1.54) is 77.0 Å². The van der Waals surface area contributed by atoms with Crippen molar-refractivity contribution in [1.29, 1.82) is 0 Å². The highest BCUT2D eigenvalue weighted by Gasteiger charge is 2.19. The van der Waals surface area contributed by atoms with Gasteiger partial charge in [0.1, 0.15) is 13.2 Å². The van der Waals surface area contributed by atoms with E-state index in [2.05, 4.69) is 118 Å². The molecule has 0 saturated heterocycles. The fraction of sp³-hybridized carbons (Fsp3) is 0.678. The van der Waals surface area contributed by atoms with Crippen molar-refractivity contribution in [3.8, 4) is 0 Å². The predicted molar refractivity (Wildman–Crippen MR) is 279 cm³/mol. The van der Waals surface area contributed by atoms with Gasteiger partial charge in [0.05, 0.1) is 0 Å². The first-order chi connectivity index (χ1) is 32.0. The van der Waals surface area contributed by atoms with Gasteiger partial charge in [-0.05, 0) is 103 Å². The Labute approximate surface area is 400 Å². The maximum Gasteiger partial charge on any atom is 0.306 e. The van der Waals surface area contributed by atoms with Crippen molar-refractivity contribution in [3.05, 3.63) is 97.2 Å². The molecular weight excluding hydrogens is 805 g/mol. The smallest absolute Gasteiger partial charge is 0.306 e. The summed E-state index contributed by atoms with van der Waals surface area (Å²) in [7, 11) is 0. The Morgan fingerprint density at radius 3 is 0.985 bits per heavy atom. The maximum atomic E-state index is 12.8. The van der Waals surface area contributed by atoms with Crippen molar-refractivity contribution in [1.82, 2.24) is 0 Å². The van der Waals surface area contributed by atoms with Crippen LogP contribution in [0.5, 0.6) is 0 Å². The van der Waals surface area contributed by atoms with Crippen LogP contribution in [0, 0.1) is 0 Å². The van der Waals surface area contributed by atoms with Crippen LogP contribution in [0.25, 0.3) is 0 Å². The first-order valence-electron chi connectivity index (χ1n) is 26.7. The molecule has 0 N–H and O–H groups in total. The summed E-state index contributed by atoms with van der Waals surface area (Å²) < 4.78 is 16.8. The Morgan fingerprint density at radius 2 is 0.600 bits per heavy atom. The zero-order valence-corrected chi connectivity index (χ0v) is 42.2. The zero-order chi connectivity index (χ0) is 47.2. The number of esters is 3. The quantitative estimate of drug-likeness (QED) is 0.0262. The molecule has 0 spiro atoms. The molecule has 0 aromatic heterocycles. The number of hydrogen-bond acceptors (Lipinski definition) is 6. The van der Waals surface area contributed by atoms with Crippen LogP contribution >= 0.6 is 0 Å². The first-order valence-corrected chi connectivity index (χ1v) is 26.7. The lowest BCUT2D eigenvalue weighted by atomic mass is 10.1. The largest absolute Gasteiger partial charge is 0.462 e. The number of unbranched alkanes of at least 4 members (excludes halogenated alkanes) is 20. The second-order valence-corrected chi connectivity index (χ2v) is 17.4. The highest BCUT2D eigenvalue weighted by Crippen LogP contribution is 2.14. The van der Waals surface area contributed by atoms with Crippen LogP contribution in [-0.2, 0) is 28.6 Å². The highest BCUT2D eigenvalue weighted by atomic mass is 16.6. The van der Waals surface area contributed by atoms with Crippen molar-refractivity contribution in [2.45, 2.75) is 245 Å². The molecule has 0 aliphatic heterocycles. The SMILES string of the molecule is CC/C=C\C/C=C\C/C=C\C/C=C\C/C=C\CCCCCC(=O)OC[C@H](COC(=O)CCCCCC/C=C\C/C=C\C/C=C\CCCCC)OC(=O)CCCCCCCCCCCCC. The third-order valence-corrected chi connectivity index (χ3v) is 11.1. The summed E-state index contributed by atoms with van der Waals surface area (Å²) >= 11 is 0. The van der Waals surface area contributed by atoms with Crippen molar-refractivity contribution in [2.24, 2.45) is 0 Å². The fourth-order valence-corrected chi connectivity index (χ4v) is 7.06. The maximum absolute atomic E-state index is 12.8. The zero-order valence-electron chi connectivity index (χ0n) is 42.2. The van der Waals surface area contributed by atoms with Crippen LogP contribution < -0.4 is 0 Å². The molecule has 6 nitrogen and oxygen atoms in total. The van der Waals surface area contributed by atoms with Gasteiger partial charge in [-0.3, -0.25) is 14.4 Å². The molecule has 370 valence electrons. The minimum absolute atomic E-state index is 0.0994. The second kappa shape index (κ2) is 52.9. The molecule has 1 atom stereocenters. The summed E-state index contributed by atoms with van der Waals surface area (Å²) in [6.07, 6.45) is 69.6. The minimum atomic E-state index is -0.799. The van der Waals surface area contributed by atoms with Gasteiger partial charge in [0.15, 0.2) is 6.10 Å². The molecule has 65 heavy (non-hydrogen) atoms. The molecule has 0 rings (SSSR count). The predicted octanol–water partition coefficient (Wildman–Crippen LogP) is 17.8. The molecule has 0 aliphatic rings. The lowest BCUT2D eigenvalue weighted by Crippen LogP contribution is -2.30. The van der Waals surface area contributed by atoms with Crippen molar-refractivity contribution < 1.29 is 28.6 Å². The lowest BCUT2D eigenvalue weighted by Gasteiger charge is -2.18. The van der Waals surface area contributed by atoms with Gasteiger partial charge >= 0.3 is 17.9 Å². The second-order valence-electron chi connectivity index (χ2n) is 17.4. The molecule has 0 radical (unpaired) electrons. The molecular formula is C59H98O6. The Morgan fingerprint density at radius 1 is 0.323 bits per heavy atom. The van der Waals surface area contributed by atoms with Crippen LogP contribution in [-0.4, -0.2) is 37.2 Å². The summed E-state index contributed by atoms with van der Waals surface area (Å²) in [4.78, 5) is 38.0. The number of carbonyl (C=O) groups is 3. The molecule has 0 unspecified atom stereocenters. The van der Waals surface area contributed by atoms with Gasteiger partial charge in [-0.2, -0.15) is 0 Å². The van der Waals surface area contributed by atoms with Crippen molar-refractivity contribution >= 4 is 17.9 Å². The van der Waals surface area contributed by atoms with Crippen LogP contribution in [0.4, 0.5) is 0 Å². The van der Waals surface area contributed by atoms with Crippen LogP contribution in [0.2, 0.25) is 0 Å². The molecule has 0 heterocycles. The van der Waals surface area contributed by atoms with Gasteiger partial charge in [0.25, 0.3) is 0 Å². The number of allylic oxidation sites excluding steroid dienone is 16. The molecule has 0 aliphatic carbocycles. The Bertz CT molecular complexity index is 1310. The van der Waals surface area contributed by atoms with Crippen LogP contribution in [0.1, 0.15) is 239 Å². The summed E-state index contributed by atoms with van der Waals surface area (Å²) in [5.74, 6) is -0.953. The van der Waals surface area contributed by atoms with Gasteiger partial charge in [0, 0.05) is 19.3 Å². The minimum Gasteiger partial charge on any atom is -0.462 e. The van der Waals surface area contributed by atoms with E-state index in [1.807, 2.05) is 0 Å². The number of carbonyl (C=O) groups excluding carboxylic acids is 3. The topological polar surface area (TPSA) is 78.9 Å². The first kappa shape index (κ1) is 61.3. The van der Waals surface area contributed by atoms with Crippen molar-refractivity contribution in [3.63, 3.8) is 0 Å². The van der Waals surface area contributed by atoms with E-state index in [-0.39, 0.29) is 31.1 Å². The standard InChI is InChI=1S/C59H98O6/c1-4-7-10-13-16-19-22-24-26-28-29-31-33-35-38-40-43-46-49-52-58(61)64-55-56(65-59(62)53-50-47-44-41-36-21-18-15-12-9-6-3)54-63-57(60)51-48-45-42-39-37-34-32-30-27-25-23-20-17-14-11-8-5-2/h7,10,16-17,19-20,24-27,29,31-32,34-35,38,56H,4-6,8-9,11-15,18,21-23,28,30,33,36-37,39-55H2,1-3H3/b10-7-,19-16-,20-17-,26-24-,27-25-,31-29-,34-32-,38-35-/t56-/m0/s1. The highest BCUT2D eigenvalue weighted by molar-refractivity contribution is 5.71. The molecule has 0 aromatic carbocycles. The van der Waals surface area contributed by atoms with E-state index in [1.54, 1.807) is 0 Å². The summed E-state index contributed by atoms with van der Waals surface area (Å²) in [5, 5.41) is 0. The molecule has 0 aromatic rings. The Balaban J connectivity index is 4.45. The van der Waals surface area contributed by atoms with E-state index >= 15 is 0 Å². The summed E-state index contributed by atoms with van der Waals surface area (Å²) in [6.45, 7) is 6.44. The normalized spacial score (nSPS) is 12.8. The van der Waals surface area contributed by atoms with Gasteiger partial charge in [-0.15, -0.1) is 0 Å². The molecule has 0 amide bonds. The van der Waals surface area contributed by atoms with Crippen LogP contribution in [0.3, 0.4) is 0 Å². The monoisotopic (exact) mass is 903 g/mol. The third kappa shape index (κ3) is 51.2. The Kier molecular flexibility index (Phi) is 50.0. The van der Waals surface area contributed by atoms with Gasteiger partial charge in [-0.25, -0.2) is 0 Å². The van der Waals surface area contributed by atoms with Gasteiger partial charge in [0.2, 0.25) is 0 Å². The summed E-state index contributed by atoms with van der Waals surface area (Å²) in [5.41, 5.74) is 0. The molecule has 0 saturated carbocycles.